The quantitative estimate of drug-likeness (QED) is 0.816. The fraction of sp³-hybridized carbons (Fsp3) is 0.308. The van der Waals surface area contributed by atoms with Crippen LogP contribution in [-0.4, -0.2) is 29.1 Å². The standard InChI is InChI=1S/C13H13F2NO2/c1-3-6-16(8-13(17)18)9(2)11-7-10(14)4-5-12(11)15/h1,4-5,7,9H,6,8H2,2H3,(H,17,18). The smallest absolute Gasteiger partial charge is 0.317 e. The van der Waals surface area contributed by atoms with Crippen LogP contribution in [-0.2, 0) is 4.79 Å². The summed E-state index contributed by atoms with van der Waals surface area (Å²) >= 11 is 0. The normalized spacial score (nSPS) is 12.2. The van der Waals surface area contributed by atoms with Crippen molar-refractivity contribution >= 4 is 5.97 Å². The highest BCUT2D eigenvalue weighted by molar-refractivity contribution is 5.69. The summed E-state index contributed by atoms with van der Waals surface area (Å²) in [7, 11) is 0. The summed E-state index contributed by atoms with van der Waals surface area (Å²) in [5, 5.41) is 8.75. The molecule has 18 heavy (non-hydrogen) atoms. The average molecular weight is 253 g/mol. The molecule has 0 amide bonds. The molecule has 3 nitrogen and oxygen atoms in total. The van der Waals surface area contributed by atoms with Crippen LogP contribution in [0.1, 0.15) is 18.5 Å². The predicted molar refractivity (Wildman–Crippen MR) is 62.8 cm³/mol. The first-order chi connectivity index (χ1) is 8.45. The van der Waals surface area contributed by atoms with Gasteiger partial charge in [-0.3, -0.25) is 9.69 Å². The lowest BCUT2D eigenvalue weighted by Gasteiger charge is -2.26. The number of carbonyl (C=O) groups is 1. The highest BCUT2D eigenvalue weighted by Crippen LogP contribution is 2.23. The Balaban J connectivity index is 3.01. The summed E-state index contributed by atoms with van der Waals surface area (Å²) in [4.78, 5) is 12.1. The number of benzene rings is 1. The molecule has 1 atom stereocenters. The van der Waals surface area contributed by atoms with Crippen LogP contribution in [0.2, 0.25) is 0 Å². The van der Waals surface area contributed by atoms with E-state index in [1.54, 1.807) is 6.92 Å². The summed E-state index contributed by atoms with van der Waals surface area (Å²) < 4.78 is 26.6. The number of hydrogen-bond donors (Lipinski definition) is 1. The fourth-order valence-corrected chi connectivity index (χ4v) is 1.65. The van der Waals surface area contributed by atoms with Crippen LogP contribution in [0.5, 0.6) is 0 Å². The van der Waals surface area contributed by atoms with E-state index in [1.807, 2.05) is 0 Å². The molecule has 1 unspecified atom stereocenters. The van der Waals surface area contributed by atoms with Crippen molar-refractivity contribution in [2.24, 2.45) is 0 Å². The molecule has 0 saturated heterocycles. The van der Waals surface area contributed by atoms with Crippen LogP contribution in [0, 0.1) is 24.0 Å². The molecule has 0 aliphatic carbocycles. The summed E-state index contributed by atoms with van der Waals surface area (Å²) in [5.74, 6) is 0.0677. The minimum atomic E-state index is -1.08. The highest BCUT2D eigenvalue weighted by Gasteiger charge is 2.20. The van der Waals surface area contributed by atoms with Gasteiger partial charge in [-0.2, -0.15) is 0 Å². The molecule has 0 saturated carbocycles. The van der Waals surface area contributed by atoms with E-state index in [1.165, 1.54) is 4.90 Å². The Morgan fingerprint density at radius 3 is 2.78 bits per heavy atom. The molecule has 1 N–H and O–H groups in total. The third kappa shape index (κ3) is 3.54. The molecule has 0 radical (unpaired) electrons. The average Bonchev–Trinajstić information content (AvgIpc) is 2.30. The Kier molecular flexibility index (Phi) is 4.81. The zero-order valence-electron chi connectivity index (χ0n) is 9.86. The van der Waals surface area contributed by atoms with Gasteiger partial charge in [0, 0.05) is 11.6 Å². The lowest BCUT2D eigenvalue weighted by atomic mass is 10.1. The highest BCUT2D eigenvalue weighted by atomic mass is 19.1. The Bertz CT molecular complexity index is 482. The summed E-state index contributed by atoms with van der Waals surface area (Å²) in [6, 6.07) is 2.45. The molecule has 1 aromatic carbocycles. The number of hydrogen-bond acceptors (Lipinski definition) is 2. The topological polar surface area (TPSA) is 40.5 Å². The third-order valence-corrected chi connectivity index (χ3v) is 2.59. The summed E-state index contributed by atoms with van der Waals surface area (Å²) in [5.41, 5.74) is 0.0894. The molecule has 0 aliphatic heterocycles. The summed E-state index contributed by atoms with van der Waals surface area (Å²) in [6.07, 6.45) is 5.14. The largest absolute Gasteiger partial charge is 0.480 e. The van der Waals surface area contributed by atoms with Gasteiger partial charge in [0.15, 0.2) is 0 Å². The molecule has 0 aliphatic rings. The molecular formula is C13H13F2NO2. The van der Waals surface area contributed by atoms with E-state index in [-0.39, 0.29) is 18.7 Å². The molecule has 0 aromatic heterocycles. The van der Waals surface area contributed by atoms with E-state index < -0.39 is 23.6 Å². The number of carboxylic acids is 1. The Morgan fingerprint density at radius 1 is 1.56 bits per heavy atom. The van der Waals surface area contributed by atoms with Crippen molar-refractivity contribution in [1.82, 2.24) is 4.90 Å². The number of rotatable bonds is 5. The van der Waals surface area contributed by atoms with Gasteiger partial charge >= 0.3 is 5.97 Å². The van der Waals surface area contributed by atoms with E-state index in [2.05, 4.69) is 5.92 Å². The second kappa shape index (κ2) is 6.12. The van der Waals surface area contributed by atoms with E-state index in [4.69, 9.17) is 11.5 Å². The zero-order chi connectivity index (χ0) is 13.7. The molecule has 0 fully saturated rings. The first-order valence-corrected chi connectivity index (χ1v) is 5.30. The van der Waals surface area contributed by atoms with E-state index >= 15 is 0 Å². The molecule has 96 valence electrons. The lowest BCUT2D eigenvalue weighted by molar-refractivity contribution is -0.138. The van der Waals surface area contributed by atoms with Gasteiger partial charge in [-0.25, -0.2) is 8.78 Å². The van der Waals surface area contributed by atoms with E-state index in [0.29, 0.717) is 0 Å². The van der Waals surface area contributed by atoms with E-state index in [9.17, 15) is 13.6 Å². The van der Waals surface area contributed by atoms with E-state index in [0.717, 1.165) is 18.2 Å². The number of nitrogens with zero attached hydrogens (tertiary/aromatic N) is 1. The van der Waals surface area contributed by atoms with Gasteiger partial charge in [-0.15, -0.1) is 6.42 Å². The van der Waals surface area contributed by atoms with Gasteiger partial charge in [0.1, 0.15) is 11.6 Å². The first kappa shape index (κ1) is 14.1. The second-order valence-electron chi connectivity index (χ2n) is 3.84. The predicted octanol–water partition coefficient (Wildman–Crippen LogP) is 2.05. The van der Waals surface area contributed by atoms with Gasteiger partial charge in [0.25, 0.3) is 0 Å². The van der Waals surface area contributed by atoms with Crippen LogP contribution in [0.4, 0.5) is 8.78 Å². The van der Waals surface area contributed by atoms with Crippen molar-refractivity contribution < 1.29 is 18.7 Å². The zero-order valence-corrected chi connectivity index (χ0v) is 9.86. The van der Waals surface area contributed by atoms with Crippen LogP contribution < -0.4 is 0 Å². The van der Waals surface area contributed by atoms with Gasteiger partial charge < -0.3 is 5.11 Å². The van der Waals surface area contributed by atoms with Crippen molar-refractivity contribution in [3.05, 3.63) is 35.4 Å². The molecule has 0 heterocycles. The van der Waals surface area contributed by atoms with Gasteiger partial charge in [-0.1, -0.05) is 5.92 Å². The molecular weight excluding hydrogens is 240 g/mol. The lowest BCUT2D eigenvalue weighted by Crippen LogP contribution is -2.33. The number of halogens is 2. The van der Waals surface area contributed by atoms with Gasteiger partial charge in [-0.05, 0) is 25.1 Å². The fourth-order valence-electron chi connectivity index (χ4n) is 1.65. The maximum atomic E-state index is 13.6. The van der Waals surface area contributed by atoms with Gasteiger partial charge in [0.2, 0.25) is 0 Å². The Labute approximate surface area is 104 Å². The number of terminal acetylenes is 1. The molecule has 0 bridgehead atoms. The maximum absolute atomic E-state index is 13.6. The molecule has 5 heteroatoms. The van der Waals surface area contributed by atoms with Crippen molar-refractivity contribution in [3.8, 4) is 12.3 Å². The Morgan fingerprint density at radius 2 is 2.22 bits per heavy atom. The number of aliphatic carboxylic acids is 1. The van der Waals surface area contributed by atoms with Crippen LogP contribution >= 0.6 is 0 Å². The van der Waals surface area contributed by atoms with Crippen molar-refractivity contribution in [3.63, 3.8) is 0 Å². The van der Waals surface area contributed by atoms with Crippen LogP contribution in [0.3, 0.4) is 0 Å². The van der Waals surface area contributed by atoms with Crippen molar-refractivity contribution in [2.45, 2.75) is 13.0 Å². The van der Waals surface area contributed by atoms with Gasteiger partial charge in [0.05, 0.1) is 13.1 Å². The summed E-state index contributed by atoms with van der Waals surface area (Å²) in [6.45, 7) is 1.29. The molecule has 1 rings (SSSR count). The van der Waals surface area contributed by atoms with Crippen molar-refractivity contribution in [2.75, 3.05) is 13.1 Å². The maximum Gasteiger partial charge on any atom is 0.317 e. The van der Waals surface area contributed by atoms with Crippen LogP contribution in [0.15, 0.2) is 18.2 Å². The third-order valence-electron chi connectivity index (χ3n) is 2.59. The monoisotopic (exact) mass is 253 g/mol. The van der Waals surface area contributed by atoms with Crippen molar-refractivity contribution in [1.29, 1.82) is 0 Å². The second-order valence-corrected chi connectivity index (χ2v) is 3.84. The number of carboxylic acid groups (broad SMARTS) is 1. The first-order valence-electron chi connectivity index (χ1n) is 5.30. The SMILES string of the molecule is C#CCN(CC(=O)O)C(C)c1cc(F)ccc1F. The molecule has 0 spiro atoms. The molecule has 1 aromatic rings. The minimum Gasteiger partial charge on any atom is -0.480 e. The minimum absolute atomic E-state index is 0.0451. The Hall–Kier alpha value is -1.93. The van der Waals surface area contributed by atoms with Crippen LogP contribution in [0.25, 0.3) is 0 Å².